The van der Waals surface area contributed by atoms with E-state index in [1.54, 1.807) is 0 Å². The molecule has 4 N–H and O–H groups in total. The third-order valence-electron chi connectivity index (χ3n) is 8.04. The van der Waals surface area contributed by atoms with Crippen molar-refractivity contribution in [2.45, 2.75) is 192 Å². The number of aliphatic carboxylic acids is 2. The van der Waals surface area contributed by atoms with Crippen LogP contribution in [0.5, 0.6) is 0 Å². The molecule has 0 aromatic carbocycles. The van der Waals surface area contributed by atoms with Crippen LogP contribution in [0.2, 0.25) is 0 Å². The van der Waals surface area contributed by atoms with E-state index in [1.165, 1.54) is 24.8 Å². The number of hydrogen-bond acceptors (Lipinski definition) is 4. The van der Waals surface area contributed by atoms with Crippen LogP contribution in [0.4, 0.5) is 0 Å². The molecule has 0 aliphatic heterocycles. The number of aliphatic hydroxyl groups is 2. The quantitative estimate of drug-likeness (QED) is 0.0455. The summed E-state index contributed by atoms with van der Waals surface area (Å²) >= 11 is 0. The summed E-state index contributed by atoms with van der Waals surface area (Å²) in [5.41, 5.74) is 1.40. The fourth-order valence-corrected chi connectivity index (χ4v) is 5.40. The number of hydrogen-bond donors (Lipinski definition) is 4. The first kappa shape index (κ1) is 40.3. The highest BCUT2D eigenvalue weighted by atomic mass is 16.4. The van der Waals surface area contributed by atoms with E-state index in [9.17, 15) is 19.8 Å². The maximum atomic E-state index is 10.6. The third-order valence-corrected chi connectivity index (χ3v) is 8.04. The van der Waals surface area contributed by atoms with Gasteiger partial charge >= 0.3 is 11.9 Å². The van der Waals surface area contributed by atoms with Gasteiger partial charge in [0.2, 0.25) is 0 Å². The lowest BCUT2D eigenvalue weighted by Crippen LogP contribution is -2.08. The Hall–Kier alpha value is -1.66. The molecule has 6 nitrogen and oxygen atoms in total. The summed E-state index contributed by atoms with van der Waals surface area (Å²) in [4.78, 5) is 21.1. The van der Waals surface area contributed by atoms with Crippen molar-refractivity contribution in [3.63, 3.8) is 0 Å². The first-order chi connectivity index (χ1) is 20.3. The Morgan fingerprint density at radius 1 is 0.548 bits per heavy atom. The summed E-state index contributed by atoms with van der Waals surface area (Å²) in [6.45, 7) is 2.21. The SMILES string of the molecule is CCCCCC[C@@H](O)CC(=CCCCCCCCC(=O)O)CCCCCCC(O)CC=CCCCCCCCC(=O)O. The molecule has 0 aliphatic rings. The van der Waals surface area contributed by atoms with E-state index in [1.807, 2.05) is 0 Å². The summed E-state index contributed by atoms with van der Waals surface area (Å²) in [6.07, 6.45) is 32.5. The molecule has 2 atom stereocenters. The second-order valence-corrected chi connectivity index (χ2v) is 12.3. The molecule has 0 spiro atoms. The summed E-state index contributed by atoms with van der Waals surface area (Å²) in [6, 6.07) is 0. The first-order valence-corrected chi connectivity index (χ1v) is 17.5. The van der Waals surface area contributed by atoms with Crippen molar-refractivity contribution in [3.8, 4) is 0 Å². The Kier molecular flexibility index (Phi) is 29.6. The average Bonchev–Trinajstić information content (AvgIpc) is 2.94. The van der Waals surface area contributed by atoms with Crippen molar-refractivity contribution in [2.75, 3.05) is 0 Å². The van der Waals surface area contributed by atoms with Crippen LogP contribution in [0, 0.1) is 0 Å². The van der Waals surface area contributed by atoms with Gasteiger partial charge in [-0.05, 0) is 77.0 Å². The van der Waals surface area contributed by atoms with Gasteiger partial charge in [-0.25, -0.2) is 0 Å². The molecule has 1 unspecified atom stereocenters. The van der Waals surface area contributed by atoms with Crippen molar-refractivity contribution in [2.24, 2.45) is 0 Å². The average molecular weight is 595 g/mol. The van der Waals surface area contributed by atoms with E-state index in [-0.39, 0.29) is 25.0 Å². The van der Waals surface area contributed by atoms with E-state index in [2.05, 4.69) is 25.2 Å². The second-order valence-electron chi connectivity index (χ2n) is 12.3. The maximum Gasteiger partial charge on any atom is 0.303 e. The van der Waals surface area contributed by atoms with E-state index >= 15 is 0 Å². The Balaban J connectivity index is 4.10. The molecule has 0 rings (SSSR count). The largest absolute Gasteiger partial charge is 0.481 e. The summed E-state index contributed by atoms with van der Waals surface area (Å²) < 4.78 is 0. The molecular weight excluding hydrogens is 528 g/mol. The van der Waals surface area contributed by atoms with Crippen molar-refractivity contribution in [3.05, 3.63) is 23.8 Å². The van der Waals surface area contributed by atoms with Crippen molar-refractivity contribution >= 4 is 11.9 Å². The van der Waals surface area contributed by atoms with Crippen molar-refractivity contribution in [1.29, 1.82) is 0 Å². The predicted octanol–water partition coefficient (Wildman–Crippen LogP) is 9.91. The smallest absolute Gasteiger partial charge is 0.303 e. The molecule has 0 fully saturated rings. The summed E-state index contributed by atoms with van der Waals surface area (Å²) in [7, 11) is 0. The third kappa shape index (κ3) is 31.3. The molecule has 0 saturated carbocycles. The van der Waals surface area contributed by atoms with E-state index < -0.39 is 11.9 Å². The van der Waals surface area contributed by atoms with Gasteiger partial charge in [-0.1, -0.05) is 114 Å². The standard InChI is InChI=1S/C36H66O6/c1-2-3-4-19-28-34(38)31-32(24-17-11-9-10-14-23-30-36(41)42)25-18-15-16-21-27-33(37)26-20-12-7-5-6-8-13-22-29-35(39)40/h12,20,24,33-34,37-38H,2-11,13-19,21-23,25-31H2,1H3,(H,39,40)(H,41,42)/t33?,34-/m1/s1. The van der Waals surface area contributed by atoms with Gasteiger partial charge in [0.15, 0.2) is 0 Å². The number of carboxylic acid groups (broad SMARTS) is 2. The number of rotatable bonds is 32. The minimum Gasteiger partial charge on any atom is -0.481 e. The molecule has 0 aromatic rings. The molecule has 0 radical (unpaired) electrons. The van der Waals surface area contributed by atoms with Gasteiger partial charge in [0, 0.05) is 12.8 Å². The highest BCUT2D eigenvalue weighted by Crippen LogP contribution is 2.21. The lowest BCUT2D eigenvalue weighted by atomic mass is 9.96. The van der Waals surface area contributed by atoms with Crippen molar-refractivity contribution < 1.29 is 30.0 Å². The molecule has 0 aromatic heterocycles. The zero-order valence-corrected chi connectivity index (χ0v) is 27.1. The highest BCUT2D eigenvalue weighted by Gasteiger charge is 2.09. The zero-order chi connectivity index (χ0) is 31.1. The predicted molar refractivity (Wildman–Crippen MR) is 175 cm³/mol. The highest BCUT2D eigenvalue weighted by molar-refractivity contribution is 5.66. The minimum atomic E-state index is -0.704. The van der Waals surface area contributed by atoms with Gasteiger partial charge in [-0.15, -0.1) is 0 Å². The minimum absolute atomic E-state index is 0.240. The molecule has 42 heavy (non-hydrogen) atoms. The molecule has 0 saturated heterocycles. The van der Waals surface area contributed by atoms with Gasteiger partial charge < -0.3 is 20.4 Å². The number of allylic oxidation sites excluding steroid dienone is 2. The van der Waals surface area contributed by atoms with Crippen LogP contribution in [0.1, 0.15) is 180 Å². The fourth-order valence-electron chi connectivity index (χ4n) is 5.40. The van der Waals surface area contributed by atoms with Crippen LogP contribution in [0.15, 0.2) is 23.8 Å². The number of carbonyl (C=O) groups is 2. The number of unbranched alkanes of at least 4 members (excludes halogenated alkanes) is 16. The lowest BCUT2D eigenvalue weighted by Gasteiger charge is -2.14. The van der Waals surface area contributed by atoms with Gasteiger partial charge in [0.05, 0.1) is 12.2 Å². The Morgan fingerprint density at radius 3 is 1.62 bits per heavy atom. The molecule has 0 bridgehead atoms. The van der Waals surface area contributed by atoms with Crippen LogP contribution in [-0.4, -0.2) is 44.6 Å². The lowest BCUT2D eigenvalue weighted by molar-refractivity contribution is -0.138. The van der Waals surface area contributed by atoms with Crippen LogP contribution < -0.4 is 0 Å². The van der Waals surface area contributed by atoms with Gasteiger partial charge in [0.25, 0.3) is 0 Å². The molecular formula is C36H66O6. The van der Waals surface area contributed by atoms with Crippen LogP contribution in [0.3, 0.4) is 0 Å². The normalized spacial score (nSPS) is 13.5. The molecule has 6 heteroatoms. The Bertz CT molecular complexity index is 686. The monoisotopic (exact) mass is 594 g/mol. The Labute approximate surface area is 258 Å². The van der Waals surface area contributed by atoms with Crippen molar-refractivity contribution in [1.82, 2.24) is 0 Å². The fraction of sp³-hybridized carbons (Fsp3) is 0.833. The van der Waals surface area contributed by atoms with Crippen LogP contribution in [-0.2, 0) is 9.59 Å². The van der Waals surface area contributed by atoms with Gasteiger partial charge in [-0.2, -0.15) is 0 Å². The molecule has 246 valence electrons. The Morgan fingerprint density at radius 2 is 1.02 bits per heavy atom. The van der Waals surface area contributed by atoms with E-state index in [4.69, 9.17) is 10.2 Å². The molecule has 0 amide bonds. The maximum absolute atomic E-state index is 10.6. The van der Waals surface area contributed by atoms with Crippen LogP contribution >= 0.6 is 0 Å². The molecule has 0 heterocycles. The topological polar surface area (TPSA) is 115 Å². The van der Waals surface area contributed by atoms with Crippen LogP contribution in [0.25, 0.3) is 0 Å². The number of aliphatic hydroxyl groups excluding tert-OH is 2. The molecule has 0 aliphatic carbocycles. The summed E-state index contributed by atoms with van der Waals surface area (Å²) in [5, 5.41) is 38.3. The van der Waals surface area contributed by atoms with E-state index in [0.717, 1.165) is 141 Å². The summed E-state index contributed by atoms with van der Waals surface area (Å²) in [5.74, 6) is -1.41. The van der Waals surface area contributed by atoms with E-state index in [0.29, 0.717) is 0 Å². The van der Waals surface area contributed by atoms with Gasteiger partial charge in [0.1, 0.15) is 0 Å². The zero-order valence-electron chi connectivity index (χ0n) is 27.1. The number of carboxylic acids is 2. The first-order valence-electron chi connectivity index (χ1n) is 17.5. The van der Waals surface area contributed by atoms with Gasteiger partial charge in [-0.3, -0.25) is 9.59 Å². The second kappa shape index (κ2) is 30.8.